The first-order chi connectivity index (χ1) is 10.7. The Morgan fingerprint density at radius 1 is 1.09 bits per heavy atom. The van der Waals surface area contributed by atoms with Crippen molar-refractivity contribution in [2.24, 2.45) is 0 Å². The van der Waals surface area contributed by atoms with Crippen LogP contribution in [0.4, 0.5) is 0 Å². The number of amides is 1. The van der Waals surface area contributed by atoms with Crippen LogP contribution in [-0.2, 0) is 4.79 Å². The first kappa shape index (κ1) is 18.8. The van der Waals surface area contributed by atoms with Crippen molar-refractivity contribution in [2.45, 2.75) is 58.3 Å². The van der Waals surface area contributed by atoms with E-state index in [0.29, 0.717) is 5.02 Å². The van der Waals surface area contributed by atoms with Crippen LogP contribution in [0.5, 0.6) is 0 Å². The van der Waals surface area contributed by atoms with Crippen molar-refractivity contribution in [2.75, 3.05) is 6.54 Å². The minimum Gasteiger partial charge on any atom is -0.353 e. The fourth-order valence-corrected chi connectivity index (χ4v) is 2.51. The summed E-state index contributed by atoms with van der Waals surface area (Å²) < 4.78 is 0. The van der Waals surface area contributed by atoms with E-state index in [1.54, 1.807) is 12.2 Å². The van der Waals surface area contributed by atoms with Gasteiger partial charge in [-0.25, -0.2) is 0 Å². The molecular formula is C19H28ClNO. The van der Waals surface area contributed by atoms with Crippen LogP contribution < -0.4 is 5.32 Å². The summed E-state index contributed by atoms with van der Waals surface area (Å²) in [7, 11) is 0. The van der Waals surface area contributed by atoms with Gasteiger partial charge in [-0.3, -0.25) is 4.79 Å². The SMILES string of the molecule is CCCCCCCCCCNC(=O)/C=C/c1cccc(Cl)c1. The molecular weight excluding hydrogens is 294 g/mol. The van der Waals surface area contributed by atoms with E-state index in [4.69, 9.17) is 11.6 Å². The summed E-state index contributed by atoms with van der Waals surface area (Å²) in [5.41, 5.74) is 0.940. The third-order valence-corrected chi connectivity index (χ3v) is 3.84. The van der Waals surface area contributed by atoms with Gasteiger partial charge in [-0.05, 0) is 30.2 Å². The van der Waals surface area contributed by atoms with E-state index in [0.717, 1.165) is 18.5 Å². The molecule has 2 nitrogen and oxygen atoms in total. The van der Waals surface area contributed by atoms with Gasteiger partial charge in [0, 0.05) is 17.6 Å². The zero-order chi connectivity index (χ0) is 16.0. The van der Waals surface area contributed by atoms with Crippen LogP contribution in [0.1, 0.15) is 63.9 Å². The van der Waals surface area contributed by atoms with Crippen LogP contribution in [0.3, 0.4) is 0 Å². The number of rotatable bonds is 11. The van der Waals surface area contributed by atoms with Crippen LogP contribution >= 0.6 is 11.6 Å². The van der Waals surface area contributed by atoms with Crippen LogP contribution in [0.25, 0.3) is 6.08 Å². The van der Waals surface area contributed by atoms with Crippen molar-refractivity contribution in [3.05, 3.63) is 40.9 Å². The monoisotopic (exact) mass is 321 g/mol. The van der Waals surface area contributed by atoms with Gasteiger partial charge in [-0.1, -0.05) is 75.6 Å². The van der Waals surface area contributed by atoms with E-state index in [1.807, 2.05) is 24.3 Å². The second kappa shape index (κ2) is 12.3. The molecule has 0 bridgehead atoms. The van der Waals surface area contributed by atoms with Crippen molar-refractivity contribution in [1.82, 2.24) is 5.32 Å². The molecule has 1 N–H and O–H groups in total. The maximum atomic E-state index is 11.7. The van der Waals surface area contributed by atoms with Crippen LogP contribution in [0, 0.1) is 0 Å². The largest absolute Gasteiger partial charge is 0.353 e. The van der Waals surface area contributed by atoms with Gasteiger partial charge in [0.2, 0.25) is 5.91 Å². The van der Waals surface area contributed by atoms with Gasteiger partial charge in [-0.15, -0.1) is 0 Å². The summed E-state index contributed by atoms with van der Waals surface area (Å²) in [5, 5.41) is 3.60. The lowest BCUT2D eigenvalue weighted by atomic mass is 10.1. The highest BCUT2D eigenvalue weighted by atomic mass is 35.5. The molecule has 1 aromatic carbocycles. The molecule has 1 rings (SSSR count). The average Bonchev–Trinajstić information content (AvgIpc) is 2.51. The molecule has 3 heteroatoms. The molecule has 0 saturated heterocycles. The van der Waals surface area contributed by atoms with E-state index in [2.05, 4.69) is 12.2 Å². The Balaban J connectivity index is 2.04. The molecule has 0 aliphatic heterocycles. The highest BCUT2D eigenvalue weighted by Gasteiger charge is 1.96. The zero-order valence-electron chi connectivity index (χ0n) is 13.6. The lowest BCUT2D eigenvalue weighted by Crippen LogP contribution is -2.21. The summed E-state index contributed by atoms with van der Waals surface area (Å²) in [6.07, 6.45) is 13.6. The molecule has 0 aromatic heterocycles. The van der Waals surface area contributed by atoms with Crippen LogP contribution in [0.15, 0.2) is 30.3 Å². The summed E-state index contributed by atoms with van der Waals surface area (Å²) in [6, 6.07) is 7.46. The fraction of sp³-hybridized carbons (Fsp3) is 0.526. The lowest BCUT2D eigenvalue weighted by molar-refractivity contribution is -0.116. The van der Waals surface area contributed by atoms with Crippen molar-refractivity contribution in [3.8, 4) is 0 Å². The van der Waals surface area contributed by atoms with Crippen molar-refractivity contribution < 1.29 is 4.79 Å². The van der Waals surface area contributed by atoms with E-state index in [-0.39, 0.29) is 5.91 Å². The molecule has 1 amide bonds. The van der Waals surface area contributed by atoms with Crippen LogP contribution in [-0.4, -0.2) is 12.5 Å². The number of unbranched alkanes of at least 4 members (excludes halogenated alkanes) is 7. The summed E-state index contributed by atoms with van der Waals surface area (Å²) >= 11 is 5.90. The topological polar surface area (TPSA) is 29.1 Å². The smallest absolute Gasteiger partial charge is 0.243 e. The Bertz CT molecular complexity index is 457. The minimum absolute atomic E-state index is 0.0390. The van der Waals surface area contributed by atoms with Gasteiger partial charge in [0.1, 0.15) is 0 Å². The van der Waals surface area contributed by atoms with Gasteiger partial charge in [0.15, 0.2) is 0 Å². The lowest BCUT2D eigenvalue weighted by Gasteiger charge is -2.03. The molecule has 0 fully saturated rings. The Hall–Kier alpha value is -1.28. The van der Waals surface area contributed by atoms with Crippen molar-refractivity contribution >= 4 is 23.6 Å². The van der Waals surface area contributed by atoms with Gasteiger partial charge < -0.3 is 5.32 Å². The minimum atomic E-state index is -0.0390. The van der Waals surface area contributed by atoms with E-state index >= 15 is 0 Å². The summed E-state index contributed by atoms with van der Waals surface area (Å²) in [4.78, 5) is 11.7. The first-order valence-corrected chi connectivity index (χ1v) is 8.81. The number of nitrogens with one attached hydrogen (secondary N) is 1. The van der Waals surface area contributed by atoms with E-state index in [9.17, 15) is 4.79 Å². The second-order valence-electron chi connectivity index (χ2n) is 5.65. The molecule has 0 unspecified atom stereocenters. The predicted octanol–water partition coefficient (Wildman–Crippen LogP) is 5.61. The third kappa shape index (κ3) is 9.62. The molecule has 0 atom stereocenters. The van der Waals surface area contributed by atoms with Crippen LogP contribution in [0.2, 0.25) is 5.02 Å². The number of benzene rings is 1. The zero-order valence-corrected chi connectivity index (χ0v) is 14.4. The quantitative estimate of drug-likeness (QED) is 0.416. The fourth-order valence-electron chi connectivity index (χ4n) is 2.31. The molecule has 122 valence electrons. The van der Waals surface area contributed by atoms with E-state index < -0.39 is 0 Å². The molecule has 0 aliphatic carbocycles. The number of hydrogen-bond donors (Lipinski definition) is 1. The number of carbonyl (C=O) groups is 1. The van der Waals surface area contributed by atoms with Gasteiger partial charge in [0.25, 0.3) is 0 Å². The predicted molar refractivity (Wildman–Crippen MR) is 96.1 cm³/mol. The molecule has 22 heavy (non-hydrogen) atoms. The molecule has 0 saturated carbocycles. The number of hydrogen-bond acceptors (Lipinski definition) is 1. The molecule has 1 aromatic rings. The molecule has 0 radical (unpaired) electrons. The Labute approximate surface area is 140 Å². The second-order valence-corrected chi connectivity index (χ2v) is 6.09. The van der Waals surface area contributed by atoms with Crippen molar-refractivity contribution in [3.63, 3.8) is 0 Å². The standard InChI is InChI=1S/C19H28ClNO/c1-2-3-4-5-6-7-8-9-15-21-19(22)14-13-17-11-10-12-18(20)16-17/h10-14,16H,2-9,15H2,1H3,(H,21,22)/b14-13+. The number of carbonyl (C=O) groups excluding carboxylic acids is 1. The third-order valence-electron chi connectivity index (χ3n) is 3.61. The highest BCUT2D eigenvalue weighted by molar-refractivity contribution is 6.30. The average molecular weight is 322 g/mol. The first-order valence-electron chi connectivity index (χ1n) is 8.44. The maximum Gasteiger partial charge on any atom is 0.243 e. The highest BCUT2D eigenvalue weighted by Crippen LogP contribution is 2.11. The summed E-state index contributed by atoms with van der Waals surface area (Å²) in [6.45, 7) is 3.00. The Kier molecular flexibility index (Phi) is 10.5. The number of halogens is 1. The van der Waals surface area contributed by atoms with E-state index in [1.165, 1.54) is 44.9 Å². The van der Waals surface area contributed by atoms with Crippen molar-refractivity contribution in [1.29, 1.82) is 0 Å². The molecule has 0 heterocycles. The normalized spacial score (nSPS) is 11.0. The van der Waals surface area contributed by atoms with Gasteiger partial charge in [0.05, 0.1) is 0 Å². The summed E-state index contributed by atoms with van der Waals surface area (Å²) in [5.74, 6) is -0.0390. The molecule has 0 spiro atoms. The Morgan fingerprint density at radius 3 is 2.45 bits per heavy atom. The maximum absolute atomic E-state index is 11.7. The molecule has 0 aliphatic rings. The van der Waals surface area contributed by atoms with Gasteiger partial charge >= 0.3 is 0 Å². The Morgan fingerprint density at radius 2 is 1.77 bits per heavy atom. The van der Waals surface area contributed by atoms with Gasteiger partial charge in [-0.2, -0.15) is 0 Å².